The van der Waals surface area contributed by atoms with Crippen molar-refractivity contribution in [1.82, 2.24) is 9.78 Å². The van der Waals surface area contributed by atoms with E-state index in [9.17, 15) is 4.79 Å². The Bertz CT molecular complexity index is 1030. The molecule has 3 rings (SSSR count). The third-order valence-corrected chi connectivity index (χ3v) is 4.23. The fourth-order valence-electron chi connectivity index (χ4n) is 2.36. The maximum Gasteiger partial charge on any atom is 0.385 e. The number of carbonyl (C=O) groups excluding carboxylic acids is 1. The van der Waals surface area contributed by atoms with Gasteiger partial charge in [-0.05, 0) is 36.8 Å². The summed E-state index contributed by atoms with van der Waals surface area (Å²) in [6.07, 6.45) is 1.57. The number of oxime groups is 1. The summed E-state index contributed by atoms with van der Waals surface area (Å²) in [5.41, 5.74) is 13.7. The average Bonchev–Trinajstić information content (AvgIpc) is 3.16. The number of ether oxygens (including phenoxy) is 1. The highest BCUT2D eigenvalue weighted by atomic mass is 35.5. The van der Waals surface area contributed by atoms with Gasteiger partial charge in [-0.3, -0.25) is 0 Å². The minimum absolute atomic E-state index is 0.0413. The van der Waals surface area contributed by atoms with E-state index in [2.05, 4.69) is 10.3 Å². The number of nitrogen functional groups attached to an aromatic ring is 1. The minimum atomic E-state index is -0.749. The highest BCUT2D eigenvalue weighted by molar-refractivity contribution is 6.32. The number of halogens is 1. The molecule has 0 bridgehead atoms. The first-order chi connectivity index (χ1) is 13.5. The molecule has 4 N–H and O–H groups in total. The molecule has 0 aliphatic heterocycles. The van der Waals surface area contributed by atoms with E-state index in [1.807, 2.05) is 0 Å². The van der Waals surface area contributed by atoms with Crippen molar-refractivity contribution in [1.29, 1.82) is 0 Å². The molecule has 0 fully saturated rings. The standard InChI is InChI=1S/C19H18ClN5O3/c1-12-13(5-4-7-15(12)21)18(22)24-28-19(26)16-9-10-25(23-16)11-27-17-8-3-2-6-14(17)20/h2-10H,11,21H2,1H3,(H2,22,24). The van der Waals surface area contributed by atoms with E-state index < -0.39 is 5.97 Å². The number of amidine groups is 1. The van der Waals surface area contributed by atoms with Crippen molar-refractivity contribution < 1.29 is 14.4 Å². The maximum absolute atomic E-state index is 12.1. The number of nitrogens with two attached hydrogens (primary N) is 2. The summed E-state index contributed by atoms with van der Waals surface area (Å²) in [5.74, 6) is -0.195. The number of hydrogen-bond donors (Lipinski definition) is 2. The number of benzene rings is 2. The van der Waals surface area contributed by atoms with Gasteiger partial charge in [0.25, 0.3) is 0 Å². The molecule has 0 amide bonds. The largest absolute Gasteiger partial charge is 0.470 e. The first-order valence-electron chi connectivity index (χ1n) is 8.26. The molecular formula is C19H18ClN5O3. The Kier molecular flexibility index (Phi) is 5.81. The Labute approximate surface area is 166 Å². The fourth-order valence-corrected chi connectivity index (χ4v) is 2.55. The van der Waals surface area contributed by atoms with E-state index in [0.717, 1.165) is 5.56 Å². The van der Waals surface area contributed by atoms with Crippen LogP contribution in [0.25, 0.3) is 0 Å². The lowest BCUT2D eigenvalue weighted by molar-refractivity contribution is 0.0507. The van der Waals surface area contributed by atoms with E-state index >= 15 is 0 Å². The Hall–Kier alpha value is -3.52. The van der Waals surface area contributed by atoms with Gasteiger partial charge >= 0.3 is 5.97 Å². The molecule has 144 valence electrons. The predicted octanol–water partition coefficient (Wildman–Crippen LogP) is 2.94. The van der Waals surface area contributed by atoms with Gasteiger partial charge in [0.1, 0.15) is 5.75 Å². The topological polar surface area (TPSA) is 118 Å². The molecule has 0 saturated carbocycles. The lowest BCUT2D eigenvalue weighted by Crippen LogP contribution is -2.17. The molecule has 0 radical (unpaired) electrons. The molecule has 9 heteroatoms. The first-order valence-corrected chi connectivity index (χ1v) is 8.64. The molecular weight excluding hydrogens is 382 g/mol. The molecule has 3 aromatic rings. The monoisotopic (exact) mass is 399 g/mol. The zero-order valence-electron chi connectivity index (χ0n) is 15.0. The first kappa shape index (κ1) is 19.2. The number of para-hydroxylation sites is 1. The quantitative estimate of drug-likeness (QED) is 0.216. The third kappa shape index (κ3) is 4.41. The van der Waals surface area contributed by atoms with Crippen molar-refractivity contribution in [3.8, 4) is 5.75 Å². The lowest BCUT2D eigenvalue weighted by atomic mass is 10.1. The van der Waals surface area contributed by atoms with Gasteiger partial charge in [0.15, 0.2) is 18.3 Å². The molecule has 8 nitrogen and oxygen atoms in total. The number of anilines is 1. The number of carbonyl (C=O) groups is 1. The van der Waals surface area contributed by atoms with Gasteiger partial charge in [-0.2, -0.15) is 5.10 Å². The minimum Gasteiger partial charge on any atom is -0.470 e. The summed E-state index contributed by atoms with van der Waals surface area (Å²) in [6.45, 7) is 1.88. The Balaban J connectivity index is 1.62. The van der Waals surface area contributed by atoms with Crippen LogP contribution in [-0.4, -0.2) is 21.6 Å². The summed E-state index contributed by atoms with van der Waals surface area (Å²) in [5, 5.41) is 8.24. The van der Waals surface area contributed by atoms with Crippen LogP contribution in [0.1, 0.15) is 21.6 Å². The van der Waals surface area contributed by atoms with Crippen LogP contribution >= 0.6 is 11.6 Å². The van der Waals surface area contributed by atoms with Crippen LogP contribution in [0, 0.1) is 6.92 Å². The average molecular weight is 400 g/mol. The third-order valence-electron chi connectivity index (χ3n) is 3.92. The van der Waals surface area contributed by atoms with E-state index in [1.54, 1.807) is 55.6 Å². The SMILES string of the molecule is Cc1c(N)cccc1/C(N)=N/OC(=O)c1ccn(COc2ccccc2Cl)n1. The van der Waals surface area contributed by atoms with Crippen LogP contribution in [0.4, 0.5) is 5.69 Å². The van der Waals surface area contributed by atoms with Crippen molar-refractivity contribution in [2.75, 3.05) is 5.73 Å². The second-order valence-corrected chi connectivity index (χ2v) is 6.23. The summed E-state index contributed by atoms with van der Waals surface area (Å²) in [4.78, 5) is 17.0. The Morgan fingerprint density at radius 3 is 2.79 bits per heavy atom. The van der Waals surface area contributed by atoms with Gasteiger partial charge in [-0.25, -0.2) is 9.48 Å². The number of rotatable bonds is 6. The zero-order valence-corrected chi connectivity index (χ0v) is 15.8. The Morgan fingerprint density at radius 1 is 1.21 bits per heavy atom. The van der Waals surface area contributed by atoms with Crippen LogP contribution in [-0.2, 0) is 11.6 Å². The van der Waals surface area contributed by atoms with Gasteiger partial charge < -0.3 is 21.0 Å². The molecule has 0 saturated heterocycles. The predicted molar refractivity (Wildman–Crippen MR) is 106 cm³/mol. The normalized spacial score (nSPS) is 11.3. The van der Waals surface area contributed by atoms with Gasteiger partial charge in [0, 0.05) is 17.4 Å². The number of nitrogens with zero attached hydrogens (tertiary/aromatic N) is 3. The maximum atomic E-state index is 12.1. The summed E-state index contributed by atoms with van der Waals surface area (Å²) >= 11 is 6.03. The molecule has 28 heavy (non-hydrogen) atoms. The molecule has 2 aromatic carbocycles. The van der Waals surface area contributed by atoms with Crippen molar-refractivity contribution in [3.05, 3.63) is 76.6 Å². The van der Waals surface area contributed by atoms with Gasteiger partial charge in [0.05, 0.1) is 5.02 Å². The highest BCUT2D eigenvalue weighted by Crippen LogP contribution is 2.23. The van der Waals surface area contributed by atoms with Crippen molar-refractivity contribution in [2.45, 2.75) is 13.7 Å². The molecule has 0 aliphatic carbocycles. The highest BCUT2D eigenvalue weighted by Gasteiger charge is 2.13. The molecule has 0 aliphatic rings. The summed E-state index contributed by atoms with van der Waals surface area (Å²) in [7, 11) is 0. The van der Waals surface area contributed by atoms with Gasteiger partial charge in [0.2, 0.25) is 0 Å². The molecule has 0 atom stereocenters. The number of aromatic nitrogens is 2. The Morgan fingerprint density at radius 2 is 2.00 bits per heavy atom. The van der Waals surface area contributed by atoms with E-state index in [0.29, 0.717) is 22.0 Å². The molecule has 0 unspecified atom stereocenters. The van der Waals surface area contributed by atoms with Crippen molar-refractivity contribution in [2.24, 2.45) is 10.9 Å². The van der Waals surface area contributed by atoms with Crippen LogP contribution in [0.2, 0.25) is 5.02 Å². The smallest absolute Gasteiger partial charge is 0.385 e. The molecule has 1 heterocycles. The fraction of sp³-hybridized carbons (Fsp3) is 0.105. The van der Waals surface area contributed by atoms with Crippen LogP contribution < -0.4 is 16.2 Å². The molecule has 0 spiro atoms. The van der Waals surface area contributed by atoms with E-state index in [-0.39, 0.29) is 18.3 Å². The van der Waals surface area contributed by atoms with Crippen molar-refractivity contribution >= 4 is 29.1 Å². The second kappa shape index (κ2) is 8.45. The van der Waals surface area contributed by atoms with Crippen molar-refractivity contribution in [3.63, 3.8) is 0 Å². The van der Waals surface area contributed by atoms with E-state index in [4.69, 9.17) is 32.6 Å². The van der Waals surface area contributed by atoms with Crippen LogP contribution in [0.15, 0.2) is 59.9 Å². The molecule has 1 aromatic heterocycles. The second-order valence-electron chi connectivity index (χ2n) is 5.82. The van der Waals surface area contributed by atoms with Gasteiger partial charge in [-0.1, -0.05) is 41.0 Å². The summed E-state index contributed by atoms with van der Waals surface area (Å²) in [6, 6.07) is 13.8. The van der Waals surface area contributed by atoms with E-state index in [1.165, 1.54) is 10.7 Å². The lowest BCUT2D eigenvalue weighted by Gasteiger charge is -2.07. The van der Waals surface area contributed by atoms with Gasteiger partial charge in [-0.15, -0.1) is 0 Å². The van der Waals surface area contributed by atoms with Crippen LogP contribution in [0.5, 0.6) is 5.75 Å². The number of hydrogen-bond acceptors (Lipinski definition) is 6. The summed E-state index contributed by atoms with van der Waals surface area (Å²) < 4.78 is 6.98. The zero-order chi connectivity index (χ0) is 20.1. The van der Waals surface area contributed by atoms with Crippen LogP contribution in [0.3, 0.4) is 0 Å².